The molecule has 0 radical (unpaired) electrons. The number of carbonyl (C=O) groups excluding carboxylic acids is 3. The SMILES string of the molecule is CCCN(Cc1ncc(-c2ccc(-c3ccc(-c4cnc(CN(CCC)C(=O)C(c5ccccc5)N(C)C)[nH]4)cn3)cc2)[nH]1)C(=O)C(NC(=O)OC)c1ccccc1. The minimum atomic E-state index is -0.901. The fourth-order valence-electron chi connectivity index (χ4n) is 6.92. The lowest BCUT2D eigenvalue weighted by Crippen LogP contribution is -2.43. The van der Waals surface area contributed by atoms with Gasteiger partial charge in [0.1, 0.15) is 23.7 Å². The minimum absolute atomic E-state index is 0.0372. The molecule has 0 aliphatic rings. The van der Waals surface area contributed by atoms with Crippen LogP contribution < -0.4 is 5.32 Å². The molecule has 58 heavy (non-hydrogen) atoms. The van der Waals surface area contributed by atoms with Gasteiger partial charge in [-0.2, -0.15) is 0 Å². The predicted octanol–water partition coefficient (Wildman–Crippen LogP) is 7.41. The van der Waals surface area contributed by atoms with Crippen LogP contribution >= 0.6 is 0 Å². The number of aromatic nitrogens is 5. The number of likely N-dealkylation sites (N-methyl/N-ethyl adjacent to an activating group) is 1. The topological polar surface area (TPSA) is 152 Å². The molecule has 0 bridgehead atoms. The summed E-state index contributed by atoms with van der Waals surface area (Å²) in [5, 5.41) is 2.69. The Kier molecular flexibility index (Phi) is 13.8. The van der Waals surface area contributed by atoms with E-state index in [1.54, 1.807) is 29.4 Å². The van der Waals surface area contributed by atoms with Crippen LogP contribution in [0.15, 0.2) is 116 Å². The summed E-state index contributed by atoms with van der Waals surface area (Å²) in [5.74, 6) is 1.12. The Balaban J connectivity index is 1.10. The molecule has 3 heterocycles. The van der Waals surface area contributed by atoms with Crippen LogP contribution in [0.3, 0.4) is 0 Å². The van der Waals surface area contributed by atoms with E-state index in [0.29, 0.717) is 36.8 Å². The number of hydrogen-bond donors (Lipinski definition) is 3. The third-order valence-electron chi connectivity index (χ3n) is 9.81. The number of aromatic amines is 2. The molecule has 0 saturated carbocycles. The first kappa shape index (κ1) is 41.0. The maximum absolute atomic E-state index is 13.8. The van der Waals surface area contributed by atoms with Crippen molar-refractivity contribution in [2.75, 3.05) is 34.3 Å². The smallest absolute Gasteiger partial charge is 0.407 e. The third-order valence-corrected chi connectivity index (χ3v) is 9.81. The molecule has 6 rings (SSSR count). The largest absolute Gasteiger partial charge is 0.453 e. The minimum Gasteiger partial charge on any atom is -0.453 e. The quantitative estimate of drug-likeness (QED) is 0.0866. The molecule has 13 nitrogen and oxygen atoms in total. The van der Waals surface area contributed by atoms with Gasteiger partial charge in [-0.05, 0) is 55.8 Å². The Hall–Kier alpha value is -6.60. The molecule has 0 spiro atoms. The molecule has 6 aromatic rings. The van der Waals surface area contributed by atoms with Gasteiger partial charge in [-0.25, -0.2) is 14.8 Å². The molecule has 0 aliphatic carbocycles. The molecule has 0 fully saturated rings. The van der Waals surface area contributed by atoms with Crippen LogP contribution in [0.25, 0.3) is 33.8 Å². The lowest BCUT2D eigenvalue weighted by Gasteiger charge is -2.30. The first-order valence-corrected chi connectivity index (χ1v) is 19.5. The van der Waals surface area contributed by atoms with Crippen molar-refractivity contribution in [2.24, 2.45) is 0 Å². The summed E-state index contributed by atoms with van der Waals surface area (Å²) in [6, 6.07) is 29.7. The van der Waals surface area contributed by atoms with E-state index in [-0.39, 0.29) is 24.4 Å². The number of H-pyrrole nitrogens is 2. The van der Waals surface area contributed by atoms with Crippen LogP contribution in [0.4, 0.5) is 4.79 Å². The van der Waals surface area contributed by atoms with Gasteiger partial charge in [0.15, 0.2) is 0 Å². The molecule has 3 aromatic heterocycles. The van der Waals surface area contributed by atoms with Crippen LogP contribution in [-0.2, 0) is 27.4 Å². The zero-order chi connectivity index (χ0) is 41.0. The van der Waals surface area contributed by atoms with Crippen LogP contribution in [0.2, 0.25) is 0 Å². The summed E-state index contributed by atoms with van der Waals surface area (Å²) in [6.07, 6.45) is 6.24. The number of carbonyl (C=O) groups is 3. The number of rotatable bonds is 17. The Labute approximate surface area is 339 Å². The highest BCUT2D eigenvalue weighted by molar-refractivity contribution is 5.87. The van der Waals surface area contributed by atoms with Crippen LogP contribution in [0, 0.1) is 0 Å². The van der Waals surface area contributed by atoms with Gasteiger partial charge in [-0.3, -0.25) is 19.5 Å². The van der Waals surface area contributed by atoms with Crippen molar-refractivity contribution in [3.63, 3.8) is 0 Å². The van der Waals surface area contributed by atoms with Crippen LogP contribution in [0.5, 0.6) is 0 Å². The van der Waals surface area contributed by atoms with Crippen molar-refractivity contribution >= 4 is 17.9 Å². The van der Waals surface area contributed by atoms with Crippen molar-refractivity contribution in [3.8, 4) is 33.8 Å². The highest BCUT2D eigenvalue weighted by Gasteiger charge is 2.29. The second-order valence-electron chi connectivity index (χ2n) is 14.3. The van der Waals surface area contributed by atoms with Gasteiger partial charge >= 0.3 is 6.09 Å². The van der Waals surface area contributed by atoms with Gasteiger partial charge < -0.3 is 29.8 Å². The van der Waals surface area contributed by atoms with E-state index in [1.165, 1.54) is 7.11 Å². The molecular formula is C45H51N9O4. The number of imidazole rings is 2. The van der Waals surface area contributed by atoms with Crippen molar-refractivity contribution in [1.29, 1.82) is 0 Å². The molecule has 3 N–H and O–H groups in total. The average Bonchev–Trinajstić information content (AvgIpc) is 3.93. The number of methoxy groups -OCH3 is 1. The van der Waals surface area contributed by atoms with E-state index in [1.807, 2.05) is 122 Å². The summed E-state index contributed by atoms with van der Waals surface area (Å²) in [4.78, 5) is 66.0. The Morgan fingerprint density at radius 2 is 1.16 bits per heavy atom. The molecule has 0 aliphatic heterocycles. The van der Waals surface area contributed by atoms with Crippen molar-refractivity contribution in [2.45, 2.75) is 51.9 Å². The number of hydrogen-bond acceptors (Lipinski definition) is 8. The van der Waals surface area contributed by atoms with Crippen molar-refractivity contribution in [3.05, 3.63) is 138 Å². The number of nitrogens with one attached hydrogen (secondary N) is 3. The summed E-state index contributed by atoms with van der Waals surface area (Å²) < 4.78 is 4.81. The van der Waals surface area contributed by atoms with Gasteiger partial charge in [-0.15, -0.1) is 0 Å². The Morgan fingerprint density at radius 3 is 1.67 bits per heavy atom. The summed E-state index contributed by atoms with van der Waals surface area (Å²) in [6.45, 7) is 5.78. The van der Waals surface area contributed by atoms with E-state index in [4.69, 9.17) is 9.72 Å². The zero-order valence-corrected chi connectivity index (χ0v) is 33.7. The number of benzene rings is 3. The number of nitrogens with zero attached hydrogens (tertiary/aromatic N) is 6. The van der Waals surface area contributed by atoms with Gasteiger partial charge in [0.25, 0.3) is 0 Å². The zero-order valence-electron chi connectivity index (χ0n) is 33.7. The number of alkyl carbamates (subject to hydrolysis) is 1. The molecule has 13 heteroatoms. The molecule has 2 atom stereocenters. The summed E-state index contributed by atoms with van der Waals surface area (Å²) in [7, 11) is 5.13. The van der Waals surface area contributed by atoms with E-state index in [2.05, 4.69) is 32.2 Å². The van der Waals surface area contributed by atoms with Crippen LogP contribution in [0.1, 0.15) is 61.5 Å². The van der Waals surface area contributed by atoms with Gasteiger partial charge in [0.05, 0.1) is 49.7 Å². The molecule has 300 valence electrons. The monoisotopic (exact) mass is 781 g/mol. The fourth-order valence-corrected chi connectivity index (χ4v) is 6.92. The third kappa shape index (κ3) is 10.0. The maximum Gasteiger partial charge on any atom is 0.407 e. The maximum atomic E-state index is 13.8. The average molecular weight is 782 g/mol. The fraction of sp³-hybridized carbons (Fsp3) is 0.289. The van der Waals surface area contributed by atoms with Crippen LogP contribution in [-0.4, -0.2) is 91.8 Å². The predicted molar refractivity (Wildman–Crippen MR) is 224 cm³/mol. The van der Waals surface area contributed by atoms with Gasteiger partial charge in [-0.1, -0.05) is 98.8 Å². The normalized spacial score (nSPS) is 12.2. The van der Waals surface area contributed by atoms with E-state index >= 15 is 0 Å². The summed E-state index contributed by atoms with van der Waals surface area (Å²) >= 11 is 0. The molecule has 0 saturated heterocycles. The number of amides is 3. The molecule has 2 unspecified atom stereocenters. The number of pyridine rings is 1. The van der Waals surface area contributed by atoms with Gasteiger partial charge in [0, 0.05) is 30.4 Å². The molecular weight excluding hydrogens is 731 g/mol. The van der Waals surface area contributed by atoms with E-state index < -0.39 is 12.1 Å². The van der Waals surface area contributed by atoms with E-state index in [0.717, 1.165) is 52.2 Å². The lowest BCUT2D eigenvalue weighted by molar-refractivity contribution is -0.137. The highest BCUT2D eigenvalue weighted by atomic mass is 16.5. The first-order chi connectivity index (χ1) is 28.2. The lowest BCUT2D eigenvalue weighted by atomic mass is 10.0. The summed E-state index contributed by atoms with van der Waals surface area (Å²) in [5.41, 5.74) is 6.85. The van der Waals surface area contributed by atoms with Crippen molar-refractivity contribution < 1.29 is 19.1 Å². The van der Waals surface area contributed by atoms with E-state index in [9.17, 15) is 14.4 Å². The van der Waals surface area contributed by atoms with Gasteiger partial charge in [0.2, 0.25) is 11.8 Å². The highest BCUT2D eigenvalue weighted by Crippen LogP contribution is 2.27. The van der Waals surface area contributed by atoms with Crippen molar-refractivity contribution in [1.82, 2.24) is 44.9 Å². The molecule has 3 amide bonds. The Bertz CT molecular complexity index is 2240. The second-order valence-corrected chi connectivity index (χ2v) is 14.3. The molecule has 3 aromatic carbocycles. The first-order valence-electron chi connectivity index (χ1n) is 19.5. The number of ether oxygens (including phenoxy) is 1. The standard InChI is InChI=1S/C45H51N9O4/c1-6-24-53(43(55)41(51-45(57)58-5)33-14-10-8-11-15-33)29-39-47-27-37(49-39)32-20-18-31(19-21-32)36-23-22-35(26-46-36)38-28-48-40(50-38)30-54(25-7-2)44(56)42(52(3)4)34-16-12-9-13-17-34/h8-23,26-28,41-42H,6-7,24-25,29-30H2,1-5H3,(H,47,49)(H,48,50)(H,51,57). The second kappa shape index (κ2) is 19.5. The Morgan fingerprint density at radius 1 is 0.638 bits per heavy atom.